The lowest BCUT2D eigenvalue weighted by Crippen LogP contribution is -2.31. The van der Waals surface area contributed by atoms with Gasteiger partial charge in [-0.25, -0.2) is 17.2 Å². The van der Waals surface area contributed by atoms with Crippen LogP contribution in [-0.2, 0) is 14.6 Å². The van der Waals surface area contributed by atoms with E-state index in [1.165, 1.54) is 12.1 Å². The Kier molecular flexibility index (Phi) is 3.53. The molecule has 0 amide bonds. The largest absolute Gasteiger partial charge is 0.398 e. The van der Waals surface area contributed by atoms with Crippen LogP contribution >= 0.6 is 0 Å². The van der Waals surface area contributed by atoms with E-state index < -0.39 is 28.5 Å². The molecule has 2 N–H and O–H groups in total. The standard InChI is InChI=1S/C12H15F2NO3S/c1-19(16,17)11-6-8(2-3-9(11)15)10-4-5-12(13,14)7-18-10/h2-3,6,10H,4-5,7,15H2,1H3/t10-/m0/s1. The number of hydrogen-bond acceptors (Lipinski definition) is 4. The molecular formula is C12H15F2NO3S. The van der Waals surface area contributed by atoms with Gasteiger partial charge in [-0.2, -0.15) is 0 Å². The maximum Gasteiger partial charge on any atom is 0.271 e. The predicted octanol–water partition coefficient (Wildman–Crippen LogP) is 2.16. The lowest BCUT2D eigenvalue weighted by atomic mass is 9.99. The first-order chi connectivity index (χ1) is 8.69. The van der Waals surface area contributed by atoms with Gasteiger partial charge in [-0.3, -0.25) is 0 Å². The lowest BCUT2D eigenvalue weighted by Gasteiger charge is -2.29. The average molecular weight is 291 g/mol. The highest BCUT2D eigenvalue weighted by Crippen LogP contribution is 2.36. The van der Waals surface area contributed by atoms with Crippen molar-refractivity contribution >= 4 is 15.5 Å². The minimum Gasteiger partial charge on any atom is -0.398 e. The van der Waals surface area contributed by atoms with E-state index in [1.807, 2.05) is 0 Å². The van der Waals surface area contributed by atoms with Gasteiger partial charge in [0, 0.05) is 12.7 Å². The first-order valence-corrected chi connectivity index (χ1v) is 7.67. The number of alkyl halides is 2. The van der Waals surface area contributed by atoms with Crippen molar-refractivity contribution in [1.29, 1.82) is 0 Å². The Morgan fingerprint density at radius 3 is 2.63 bits per heavy atom. The second-order valence-corrected chi connectivity index (χ2v) is 6.75. The topological polar surface area (TPSA) is 69.4 Å². The number of nitrogens with two attached hydrogens (primary N) is 1. The molecule has 1 heterocycles. The van der Waals surface area contributed by atoms with Crippen LogP contribution in [0.25, 0.3) is 0 Å². The fourth-order valence-electron chi connectivity index (χ4n) is 2.06. The zero-order chi connectivity index (χ0) is 14.3. The molecule has 1 aromatic carbocycles. The third-order valence-electron chi connectivity index (χ3n) is 3.08. The molecule has 106 valence electrons. The van der Waals surface area contributed by atoms with Gasteiger partial charge in [-0.05, 0) is 24.1 Å². The Balaban J connectivity index is 2.28. The Morgan fingerprint density at radius 2 is 2.11 bits per heavy atom. The van der Waals surface area contributed by atoms with E-state index in [9.17, 15) is 17.2 Å². The van der Waals surface area contributed by atoms with Gasteiger partial charge in [0.05, 0.1) is 16.7 Å². The summed E-state index contributed by atoms with van der Waals surface area (Å²) >= 11 is 0. The van der Waals surface area contributed by atoms with Gasteiger partial charge in [0.15, 0.2) is 9.84 Å². The second-order valence-electron chi connectivity index (χ2n) is 4.76. The van der Waals surface area contributed by atoms with Gasteiger partial charge in [-0.1, -0.05) is 6.07 Å². The van der Waals surface area contributed by atoms with Gasteiger partial charge >= 0.3 is 0 Å². The highest BCUT2D eigenvalue weighted by molar-refractivity contribution is 7.90. The summed E-state index contributed by atoms with van der Waals surface area (Å²) in [4.78, 5) is 0.00549. The number of nitrogen functional groups attached to an aromatic ring is 1. The van der Waals surface area contributed by atoms with Crippen LogP contribution in [0.5, 0.6) is 0 Å². The highest BCUT2D eigenvalue weighted by Gasteiger charge is 2.36. The van der Waals surface area contributed by atoms with Crippen molar-refractivity contribution in [3.63, 3.8) is 0 Å². The smallest absolute Gasteiger partial charge is 0.271 e. The Hall–Kier alpha value is -1.21. The highest BCUT2D eigenvalue weighted by atomic mass is 32.2. The van der Waals surface area contributed by atoms with E-state index in [-0.39, 0.29) is 23.4 Å². The van der Waals surface area contributed by atoms with Gasteiger partial charge in [-0.15, -0.1) is 0 Å². The predicted molar refractivity (Wildman–Crippen MR) is 66.8 cm³/mol. The molecule has 0 aliphatic carbocycles. The maximum absolute atomic E-state index is 13.0. The molecule has 0 unspecified atom stereocenters. The first-order valence-electron chi connectivity index (χ1n) is 5.78. The molecular weight excluding hydrogens is 276 g/mol. The number of rotatable bonds is 2. The minimum atomic E-state index is -3.45. The van der Waals surface area contributed by atoms with E-state index in [4.69, 9.17) is 10.5 Å². The summed E-state index contributed by atoms with van der Waals surface area (Å²) in [7, 11) is -3.45. The van der Waals surface area contributed by atoms with Gasteiger partial charge in [0.1, 0.15) is 6.61 Å². The van der Waals surface area contributed by atoms with E-state index >= 15 is 0 Å². The summed E-state index contributed by atoms with van der Waals surface area (Å²) in [6.07, 6.45) is 0.426. The van der Waals surface area contributed by atoms with Crippen LogP contribution < -0.4 is 5.73 Å². The van der Waals surface area contributed by atoms with Crippen molar-refractivity contribution in [2.45, 2.75) is 29.8 Å². The van der Waals surface area contributed by atoms with Crippen molar-refractivity contribution in [3.05, 3.63) is 23.8 Å². The van der Waals surface area contributed by atoms with Crippen molar-refractivity contribution in [2.24, 2.45) is 0 Å². The molecule has 0 aromatic heterocycles. The van der Waals surface area contributed by atoms with Gasteiger partial charge in [0.2, 0.25) is 0 Å². The van der Waals surface area contributed by atoms with Crippen LogP contribution in [0.4, 0.5) is 14.5 Å². The fourth-order valence-corrected chi connectivity index (χ4v) is 2.90. The van der Waals surface area contributed by atoms with E-state index in [1.54, 1.807) is 6.07 Å². The molecule has 0 saturated carbocycles. The summed E-state index contributed by atoms with van der Waals surface area (Å²) in [5.41, 5.74) is 6.31. The molecule has 1 fully saturated rings. The van der Waals surface area contributed by atoms with E-state index in [0.717, 1.165) is 6.26 Å². The van der Waals surface area contributed by atoms with Crippen LogP contribution in [0.3, 0.4) is 0 Å². The number of sulfone groups is 1. The maximum atomic E-state index is 13.0. The summed E-state index contributed by atoms with van der Waals surface area (Å²) in [5, 5.41) is 0. The normalized spacial score (nSPS) is 23.2. The third kappa shape index (κ3) is 3.22. The number of anilines is 1. The molecule has 1 aliphatic heterocycles. The zero-order valence-electron chi connectivity index (χ0n) is 10.4. The summed E-state index contributed by atoms with van der Waals surface area (Å²) < 4.78 is 54.2. The van der Waals surface area contributed by atoms with Crippen molar-refractivity contribution < 1.29 is 21.9 Å². The fraction of sp³-hybridized carbons (Fsp3) is 0.500. The van der Waals surface area contributed by atoms with Crippen LogP contribution in [0.1, 0.15) is 24.5 Å². The van der Waals surface area contributed by atoms with Crippen molar-refractivity contribution in [2.75, 3.05) is 18.6 Å². The number of benzene rings is 1. The zero-order valence-corrected chi connectivity index (χ0v) is 11.2. The summed E-state index contributed by atoms with van der Waals surface area (Å²) in [6, 6.07) is 4.47. The molecule has 1 aromatic rings. The lowest BCUT2D eigenvalue weighted by molar-refractivity contribution is -0.145. The van der Waals surface area contributed by atoms with Crippen LogP contribution in [-0.4, -0.2) is 27.2 Å². The second kappa shape index (κ2) is 4.72. The molecule has 2 rings (SSSR count). The molecule has 1 atom stereocenters. The van der Waals surface area contributed by atoms with E-state index in [0.29, 0.717) is 5.56 Å². The number of hydrogen-bond donors (Lipinski definition) is 1. The molecule has 0 spiro atoms. The molecule has 4 nitrogen and oxygen atoms in total. The third-order valence-corrected chi connectivity index (χ3v) is 4.23. The summed E-state index contributed by atoms with van der Waals surface area (Å²) in [6.45, 7) is -0.643. The van der Waals surface area contributed by atoms with Crippen LogP contribution in [0, 0.1) is 0 Å². The van der Waals surface area contributed by atoms with E-state index in [2.05, 4.69) is 0 Å². The molecule has 1 saturated heterocycles. The first kappa shape index (κ1) is 14.2. The quantitative estimate of drug-likeness (QED) is 0.848. The summed E-state index contributed by atoms with van der Waals surface area (Å²) in [5.74, 6) is -2.80. The Morgan fingerprint density at radius 1 is 1.42 bits per heavy atom. The number of halogens is 2. The van der Waals surface area contributed by atoms with Crippen LogP contribution in [0.15, 0.2) is 23.1 Å². The van der Waals surface area contributed by atoms with Crippen LogP contribution in [0.2, 0.25) is 0 Å². The average Bonchev–Trinajstić information content (AvgIpc) is 2.28. The monoisotopic (exact) mass is 291 g/mol. The minimum absolute atomic E-state index is 0.00549. The van der Waals surface area contributed by atoms with Crippen molar-refractivity contribution in [3.8, 4) is 0 Å². The molecule has 0 bridgehead atoms. The molecule has 0 radical (unpaired) electrons. The number of ether oxygens (including phenoxy) is 1. The molecule has 1 aliphatic rings. The van der Waals surface area contributed by atoms with Crippen molar-refractivity contribution in [1.82, 2.24) is 0 Å². The Bertz CT molecular complexity index is 577. The SMILES string of the molecule is CS(=O)(=O)c1cc([C@@H]2CCC(F)(F)CO2)ccc1N. The Labute approximate surface area is 110 Å². The molecule has 7 heteroatoms. The molecule has 19 heavy (non-hydrogen) atoms. The van der Waals surface area contributed by atoms with Gasteiger partial charge < -0.3 is 10.5 Å². The van der Waals surface area contributed by atoms with Gasteiger partial charge in [0.25, 0.3) is 5.92 Å².